The molecule has 2 nitrogen and oxygen atoms in total. The van der Waals surface area contributed by atoms with Gasteiger partial charge >= 0.3 is 0 Å². The van der Waals surface area contributed by atoms with Crippen molar-refractivity contribution in [1.29, 1.82) is 0 Å². The van der Waals surface area contributed by atoms with E-state index < -0.39 is 5.82 Å². The van der Waals surface area contributed by atoms with Crippen LogP contribution in [0.25, 0.3) is 0 Å². The van der Waals surface area contributed by atoms with Crippen molar-refractivity contribution in [2.24, 2.45) is 0 Å². The number of thioether (sulfide) groups is 1. The van der Waals surface area contributed by atoms with Gasteiger partial charge in [0.1, 0.15) is 5.82 Å². The summed E-state index contributed by atoms with van der Waals surface area (Å²) in [5.74, 6) is -0.639. The Morgan fingerprint density at radius 2 is 1.90 bits per heavy atom. The van der Waals surface area contributed by atoms with Crippen molar-refractivity contribution in [3.05, 3.63) is 59.4 Å². The molecule has 0 aliphatic heterocycles. The number of nitrogens with one attached hydrogen (secondary N) is 1. The summed E-state index contributed by atoms with van der Waals surface area (Å²) in [5.41, 5.74) is 0.206. The highest BCUT2D eigenvalue weighted by Crippen LogP contribution is 2.27. The van der Waals surface area contributed by atoms with Crippen molar-refractivity contribution in [3.63, 3.8) is 0 Å². The average Bonchev–Trinajstić information content (AvgIpc) is 2.49. The number of hydrogen-bond donors (Lipinski definition) is 1. The summed E-state index contributed by atoms with van der Waals surface area (Å²) in [6.45, 7) is 1.93. The van der Waals surface area contributed by atoms with E-state index in [0.717, 1.165) is 4.90 Å². The van der Waals surface area contributed by atoms with Gasteiger partial charge in [0, 0.05) is 9.92 Å². The Morgan fingerprint density at radius 3 is 2.52 bits per heavy atom. The smallest absolute Gasteiger partial charge is 0.237 e. The summed E-state index contributed by atoms with van der Waals surface area (Å²) in [6.07, 6.45) is 0.646. The average molecular weight is 324 g/mol. The molecular formula is C16H15ClFNOS. The Hall–Kier alpha value is -1.52. The van der Waals surface area contributed by atoms with E-state index in [1.54, 1.807) is 30.3 Å². The van der Waals surface area contributed by atoms with E-state index in [2.05, 4.69) is 5.32 Å². The quantitative estimate of drug-likeness (QED) is 0.785. The molecule has 1 atom stereocenters. The molecule has 0 aliphatic rings. The van der Waals surface area contributed by atoms with Crippen LogP contribution in [0.1, 0.15) is 13.3 Å². The van der Waals surface area contributed by atoms with Gasteiger partial charge in [-0.3, -0.25) is 4.79 Å². The third kappa shape index (κ3) is 4.48. The van der Waals surface area contributed by atoms with Gasteiger partial charge in [-0.2, -0.15) is 0 Å². The first-order valence-electron chi connectivity index (χ1n) is 6.57. The SMILES string of the molecule is CCC(Sc1ccc(Cl)cc1)C(=O)Nc1ccccc1F. The van der Waals surface area contributed by atoms with Crippen molar-refractivity contribution in [2.75, 3.05) is 5.32 Å². The number of carbonyl (C=O) groups is 1. The number of halogens is 2. The highest BCUT2D eigenvalue weighted by atomic mass is 35.5. The molecule has 21 heavy (non-hydrogen) atoms. The molecule has 0 heterocycles. The molecule has 0 bridgehead atoms. The summed E-state index contributed by atoms with van der Waals surface area (Å²) in [7, 11) is 0. The fourth-order valence-corrected chi connectivity index (χ4v) is 2.86. The van der Waals surface area contributed by atoms with Crippen LogP contribution in [-0.4, -0.2) is 11.2 Å². The van der Waals surface area contributed by atoms with E-state index in [-0.39, 0.29) is 16.8 Å². The minimum absolute atomic E-state index is 0.206. The van der Waals surface area contributed by atoms with Crippen LogP contribution in [0.3, 0.4) is 0 Å². The minimum Gasteiger partial charge on any atom is -0.323 e. The van der Waals surface area contributed by atoms with E-state index in [0.29, 0.717) is 11.4 Å². The first kappa shape index (κ1) is 15.9. The maximum absolute atomic E-state index is 13.6. The molecule has 0 radical (unpaired) electrons. The molecule has 110 valence electrons. The molecule has 1 N–H and O–H groups in total. The number of hydrogen-bond acceptors (Lipinski definition) is 2. The fraction of sp³-hybridized carbons (Fsp3) is 0.188. The highest BCUT2D eigenvalue weighted by molar-refractivity contribution is 8.00. The van der Waals surface area contributed by atoms with Gasteiger partial charge < -0.3 is 5.32 Å². The van der Waals surface area contributed by atoms with Crippen LogP contribution >= 0.6 is 23.4 Å². The summed E-state index contributed by atoms with van der Waals surface area (Å²) >= 11 is 7.28. The highest BCUT2D eigenvalue weighted by Gasteiger charge is 2.19. The maximum atomic E-state index is 13.6. The monoisotopic (exact) mass is 323 g/mol. The number of rotatable bonds is 5. The summed E-state index contributed by atoms with van der Waals surface area (Å²) in [5, 5.41) is 3.00. The van der Waals surface area contributed by atoms with Gasteiger partial charge in [0.15, 0.2) is 0 Å². The minimum atomic E-state index is -0.433. The molecule has 0 saturated carbocycles. The number of carbonyl (C=O) groups excluding carboxylic acids is 1. The molecular weight excluding hydrogens is 309 g/mol. The second-order valence-electron chi connectivity index (χ2n) is 4.44. The Morgan fingerprint density at radius 1 is 1.24 bits per heavy atom. The van der Waals surface area contributed by atoms with Crippen LogP contribution in [0.4, 0.5) is 10.1 Å². The Labute approximate surface area is 132 Å². The Balaban J connectivity index is 2.05. The van der Waals surface area contributed by atoms with Crippen LogP contribution in [0.2, 0.25) is 5.02 Å². The van der Waals surface area contributed by atoms with Crippen LogP contribution < -0.4 is 5.32 Å². The maximum Gasteiger partial charge on any atom is 0.237 e. The largest absolute Gasteiger partial charge is 0.323 e. The third-order valence-corrected chi connectivity index (χ3v) is 4.52. The van der Waals surface area contributed by atoms with Crippen LogP contribution in [0.5, 0.6) is 0 Å². The van der Waals surface area contributed by atoms with E-state index in [1.807, 2.05) is 19.1 Å². The number of para-hydroxylation sites is 1. The Bertz CT molecular complexity index is 618. The summed E-state index contributed by atoms with van der Waals surface area (Å²) in [6, 6.07) is 13.4. The second-order valence-corrected chi connectivity index (χ2v) is 6.15. The lowest BCUT2D eigenvalue weighted by Crippen LogP contribution is -2.25. The summed E-state index contributed by atoms with van der Waals surface area (Å²) < 4.78 is 13.6. The van der Waals surface area contributed by atoms with Crippen molar-refractivity contribution in [1.82, 2.24) is 0 Å². The molecule has 0 spiro atoms. The lowest BCUT2D eigenvalue weighted by molar-refractivity contribution is -0.115. The van der Waals surface area contributed by atoms with Gasteiger partial charge in [0.05, 0.1) is 10.9 Å². The topological polar surface area (TPSA) is 29.1 Å². The van der Waals surface area contributed by atoms with Crippen molar-refractivity contribution in [2.45, 2.75) is 23.5 Å². The normalized spacial score (nSPS) is 12.0. The lowest BCUT2D eigenvalue weighted by atomic mass is 10.2. The van der Waals surface area contributed by atoms with Gasteiger partial charge in [-0.1, -0.05) is 30.7 Å². The molecule has 5 heteroatoms. The fourth-order valence-electron chi connectivity index (χ4n) is 1.78. The summed E-state index contributed by atoms with van der Waals surface area (Å²) in [4.78, 5) is 13.2. The van der Waals surface area contributed by atoms with Gasteiger partial charge in [-0.25, -0.2) is 4.39 Å². The van der Waals surface area contributed by atoms with E-state index >= 15 is 0 Å². The lowest BCUT2D eigenvalue weighted by Gasteiger charge is -2.15. The van der Waals surface area contributed by atoms with Crippen LogP contribution in [0.15, 0.2) is 53.4 Å². The van der Waals surface area contributed by atoms with E-state index in [4.69, 9.17) is 11.6 Å². The zero-order valence-corrected chi connectivity index (χ0v) is 13.0. The predicted molar refractivity (Wildman–Crippen MR) is 86.4 cm³/mol. The van der Waals surface area contributed by atoms with Gasteiger partial charge in [0.2, 0.25) is 5.91 Å². The molecule has 2 rings (SSSR count). The molecule has 0 saturated heterocycles. The zero-order valence-electron chi connectivity index (χ0n) is 11.5. The number of amides is 1. The molecule has 0 fully saturated rings. The second kappa shape index (κ2) is 7.48. The number of anilines is 1. The molecule has 2 aromatic carbocycles. The van der Waals surface area contributed by atoms with Crippen molar-refractivity contribution in [3.8, 4) is 0 Å². The van der Waals surface area contributed by atoms with E-state index in [1.165, 1.54) is 17.8 Å². The van der Waals surface area contributed by atoms with Crippen molar-refractivity contribution >= 4 is 35.0 Å². The first-order chi connectivity index (χ1) is 10.1. The Kier molecular flexibility index (Phi) is 5.65. The van der Waals surface area contributed by atoms with Crippen LogP contribution in [0, 0.1) is 5.82 Å². The van der Waals surface area contributed by atoms with Crippen LogP contribution in [-0.2, 0) is 4.79 Å². The first-order valence-corrected chi connectivity index (χ1v) is 7.83. The standard InChI is InChI=1S/C16H15ClFNOS/c1-2-15(21-12-9-7-11(17)8-10-12)16(20)19-14-6-4-3-5-13(14)18/h3-10,15H,2H2,1H3,(H,19,20). The molecule has 0 aliphatic carbocycles. The third-order valence-electron chi connectivity index (χ3n) is 2.89. The van der Waals surface area contributed by atoms with Gasteiger partial charge in [-0.15, -0.1) is 11.8 Å². The molecule has 0 aromatic heterocycles. The predicted octanol–water partition coefficient (Wildman–Crippen LogP) is 4.99. The molecule has 1 unspecified atom stereocenters. The van der Waals surface area contributed by atoms with Crippen molar-refractivity contribution < 1.29 is 9.18 Å². The molecule has 2 aromatic rings. The zero-order chi connectivity index (χ0) is 15.2. The van der Waals surface area contributed by atoms with Gasteiger partial charge in [-0.05, 0) is 42.8 Å². The number of benzene rings is 2. The van der Waals surface area contributed by atoms with E-state index in [9.17, 15) is 9.18 Å². The van der Waals surface area contributed by atoms with Gasteiger partial charge in [0.25, 0.3) is 0 Å². The molecule has 1 amide bonds.